The van der Waals surface area contributed by atoms with Gasteiger partial charge in [0.05, 0.1) is 0 Å². The molecular weight excluding hydrogens is 583 g/mol. The van der Waals surface area contributed by atoms with Gasteiger partial charge in [0.2, 0.25) is 0 Å². The van der Waals surface area contributed by atoms with Crippen LogP contribution in [0.25, 0.3) is 11.2 Å². The summed E-state index contributed by atoms with van der Waals surface area (Å²) >= 11 is 3.85. The van der Waals surface area contributed by atoms with E-state index in [1.807, 2.05) is 12.1 Å². The van der Waals surface area contributed by atoms with Crippen LogP contribution in [0.1, 0.15) is 26.2 Å². The smallest absolute Gasteiger partial charge is 0.251 e. The first-order chi connectivity index (χ1) is 16.9. The number of aromatic nitrogens is 4. The number of nitrogen functional groups attached to an aromatic ring is 1. The third-order valence-electron chi connectivity index (χ3n) is 6.37. The molecule has 2 aliphatic rings. The zero-order chi connectivity index (χ0) is 24.5. The Balaban J connectivity index is 1.36. The zero-order valence-electron chi connectivity index (χ0n) is 19.3. The molecule has 0 saturated carbocycles. The molecule has 0 spiro atoms. The van der Waals surface area contributed by atoms with Crippen molar-refractivity contribution in [3.63, 3.8) is 0 Å². The van der Waals surface area contributed by atoms with Crippen molar-refractivity contribution >= 4 is 57.2 Å². The largest absolute Gasteiger partial charge is 0.486 e. The van der Waals surface area contributed by atoms with Crippen LogP contribution in [-0.4, -0.2) is 67.8 Å². The van der Waals surface area contributed by atoms with Crippen molar-refractivity contribution in [3.05, 3.63) is 22.0 Å². The van der Waals surface area contributed by atoms with Crippen LogP contribution in [0.3, 0.4) is 0 Å². The molecule has 0 aliphatic carbocycles. The Morgan fingerprint density at radius 1 is 1.26 bits per heavy atom. The quantitative estimate of drug-likeness (QED) is 0.405. The highest BCUT2D eigenvalue weighted by atomic mass is 127. The second-order valence-corrected chi connectivity index (χ2v) is 10.9. The molecule has 12 heteroatoms. The molecule has 1 saturated heterocycles. The molecule has 5 rings (SSSR count). The minimum absolute atomic E-state index is 0.191. The molecule has 1 aromatic carbocycles. The van der Waals surface area contributed by atoms with Crippen LogP contribution in [0.4, 0.5) is 5.82 Å². The van der Waals surface area contributed by atoms with E-state index < -0.39 is 6.10 Å². The number of aliphatic hydroxyl groups is 1. The Kier molecular flexibility index (Phi) is 7.21. The predicted octanol–water partition coefficient (Wildman–Crippen LogP) is 2.95. The first kappa shape index (κ1) is 24.4. The highest BCUT2D eigenvalue weighted by Crippen LogP contribution is 2.41. The maximum absolute atomic E-state index is 12.1. The molecule has 3 aromatic rings. The third-order valence-corrected chi connectivity index (χ3v) is 8.68. The summed E-state index contributed by atoms with van der Waals surface area (Å²) in [6.07, 6.45) is 3.27. The lowest BCUT2D eigenvalue weighted by Gasteiger charge is -2.32. The number of fused-ring (bicyclic) bond motifs is 2. The van der Waals surface area contributed by atoms with Crippen molar-refractivity contribution in [2.75, 3.05) is 32.0 Å². The fraction of sp³-hybridized carbons (Fsp3) is 0.478. The topological polar surface area (TPSA) is 129 Å². The number of benzene rings is 1. The Hall–Kier alpha value is -2.32. The van der Waals surface area contributed by atoms with Crippen molar-refractivity contribution in [2.45, 2.75) is 48.9 Å². The van der Waals surface area contributed by atoms with E-state index in [1.165, 1.54) is 13.3 Å². The minimum atomic E-state index is -0.947. The normalized spacial score (nSPS) is 17.1. The number of nitrogens with zero attached hydrogens (tertiary/aromatic N) is 5. The maximum atomic E-state index is 12.1. The predicted molar refractivity (Wildman–Crippen MR) is 140 cm³/mol. The summed E-state index contributed by atoms with van der Waals surface area (Å²) in [5.74, 6) is 2.13. The summed E-state index contributed by atoms with van der Waals surface area (Å²) in [5, 5.41) is 10.4. The third kappa shape index (κ3) is 5.14. The van der Waals surface area contributed by atoms with Gasteiger partial charge in [-0.1, -0.05) is 11.8 Å². The van der Waals surface area contributed by atoms with Gasteiger partial charge in [0.15, 0.2) is 33.6 Å². The number of hydrogen-bond donors (Lipinski definition) is 2. The minimum Gasteiger partial charge on any atom is -0.486 e. The van der Waals surface area contributed by atoms with Gasteiger partial charge < -0.3 is 29.8 Å². The second-order valence-electron chi connectivity index (χ2n) is 8.74. The van der Waals surface area contributed by atoms with Gasteiger partial charge >= 0.3 is 0 Å². The monoisotopic (exact) mass is 610 g/mol. The number of aliphatic hydroxyl groups excluding tert-OH is 1. The van der Waals surface area contributed by atoms with Crippen molar-refractivity contribution < 1.29 is 19.4 Å². The summed E-state index contributed by atoms with van der Waals surface area (Å²) in [7, 11) is 0. The number of ether oxygens (including phenoxy) is 2. The molecular formula is C23H27IN6O4S. The number of likely N-dealkylation sites (tertiary alicyclic amines) is 1. The van der Waals surface area contributed by atoms with Gasteiger partial charge in [0.25, 0.3) is 5.91 Å². The summed E-state index contributed by atoms with van der Waals surface area (Å²) < 4.78 is 14.6. The van der Waals surface area contributed by atoms with Crippen LogP contribution in [0.5, 0.6) is 11.5 Å². The highest BCUT2D eigenvalue weighted by Gasteiger charge is 2.26. The molecule has 1 amide bonds. The molecule has 0 unspecified atom stereocenters. The Morgan fingerprint density at radius 3 is 2.69 bits per heavy atom. The van der Waals surface area contributed by atoms with Crippen LogP contribution >= 0.6 is 34.4 Å². The molecule has 4 heterocycles. The van der Waals surface area contributed by atoms with Crippen LogP contribution in [-0.2, 0) is 11.3 Å². The molecule has 10 nitrogen and oxygen atoms in total. The van der Waals surface area contributed by atoms with Crippen molar-refractivity contribution in [1.29, 1.82) is 0 Å². The van der Waals surface area contributed by atoms with E-state index in [-0.39, 0.29) is 5.91 Å². The first-order valence-corrected chi connectivity index (χ1v) is 13.5. The lowest BCUT2D eigenvalue weighted by molar-refractivity contribution is -0.140. The number of anilines is 1. The van der Waals surface area contributed by atoms with Gasteiger partial charge in [-0.15, -0.1) is 0 Å². The second kappa shape index (κ2) is 10.3. The van der Waals surface area contributed by atoms with E-state index in [1.54, 1.807) is 16.7 Å². The fourth-order valence-electron chi connectivity index (χ4n) is 4.45. The molecule has 2 aliphatic heterocycles. The molecule has 2 aromatic heterocycles. The number of amides is 1. The number of halogens is 1. The number of nitrogens with two attached hydrogens (primary N) is 1. The zero-order valence-corrected chi connectivity index (χ0v) is 22.3. The number of carbonyl (C=O) groups is 1. The van der Waals surface area contributed by atoms with Crippen LogP contribution < -0.4 is 15.2 Å². The van der Waals surface area contributed by atoms with Gasteiger partial charge in [0.1, 0.15) is 25.6 Å². The van der Waals surface area contributed by atoms with E-state index in [4.69, 9.17) is 20.2 Å². The molecule has 35 heavy (non-hydrogen) atoms. The molecule has 0 radical (unpaired) electrons. The van der Waals surface area contributed by atoms with Gasteiger partial charge in [-0.25, -0.2) is 15.0 Å². The average Bonchev–Trinajstić information content (AvgIpc) is 3.21. The standard InChI is InChI=1S/C23H27IN6O4S/c1-13(31)22(32)29-5-2-14(3-6-29)4-7-30-21-19(20(25)26-12-27-21)28-23(30)35-18-11-17-16(10-15(18)24)33-8-9-34-17/h10-14,31H,2-9H2,1H3,(H2,25,26,27)/t13-/m0/s1. The van der Waals surface area contributed by atoms with Gasteiger partial charge in [0, 0.05) is 28.1 Å². The first-order valence-electron chi connectivity index (χ1n) is 11.6. The molecule has 1 fully saturated rings. The molecule has 1 atom stereocenters. The molecule has 0 bridgehead atoms. The van der Waals surface area contributed by atoms with Crippen molar-refractivity contribution in [2.24, 2.45) is 5.92 Å². The molecule has 3 N–H and O–H groups in total. The van der Waals surface area contributed by atoms with E-state index in [2.05, 4.69) is 37.1 Å². The number of hydrogen-bond acceptors (Lipinski definition) is 9. The Bertz CT molecular complexity index is 1240. The Morgan fingerprint density at radius 2 is 1.97 bits per heavy atom. The summed E-state index contributed by atoms with van der Waals surface area (Å²) in [6, 6.07) is 3.98. The fourth-order valence-corrected chi connectivity index (χ4v) is 6.17. The van der Waals surface area contributed by atoms with E-state index in [0.717, 1.165) is 50.9 Å². The van der Waals surface area contributed by atoms with Crippen LogP contribution in [0.15, 0.2) is 28.5 Å². The van der Waals surface area contributed by atoms with Gasteiger partial charge in [-0.3, -0.25) is 4.79 Å². The van der Waals surface area contributed by atoms with E-state index in [0.29, 0.717) is 49.2 Å². The molecule has 186 valence electrons. The average molecular weight is 610 g/mol. The van der Waals surface area contributed by atoms with Crippen molar-refractivity contribution in [1.82, 2.24) is 24.4 Å². The number of carbonyl (C=O) groups excluding carboxylic acids is 1. The highest BCUT2D eigenvalue weighted by molar-refractivity contribution is 14.1. The van der Waals surface area contributed by atoms with E-state index >= 15 is 0 Å². The maximum Gasteiger partial charge on any atom is 0.251 e. The number of piperidine rings is 1. The van der Waals surface area contributed by atoms with Gasteiger partial charge in [-0.05, 0) is 66.8 Å². The SMILES string of the molecule is C[C@H](O)C(=O)N1CCC(CCn2c(Sc3cc4c(cc3I)OCCO4)nc3c(N)ncnc32)CC1. The van der Waals surface area contributed by atoms with Gasteiger partial charge in [-0.2, -0.15) is 0 Å². The number of aryl methyl sites for hydroxylation is 1. The summed E-state index contributed by atoms with van der Waals surface area (Å²) in [4.78, 5) is 28.3. The summed E-state index contributed by atoms with van der Waals surface area (Å²) in [6.45, 7) is 4.68. The lowest BCUT2D eigenvalue weighted by Crippen LogP contribution is -2.43. The number of rotatable bonds is 6. The van der Waals surface area contributed by atoms with Crippen molar-refractivity contribution in [3.8, 4) is 11.5 Å². The Labute approximate surface area is 220 Å². The summed E-state index contributed by atoms with van der Waals surface area (Å²) in [5.41, 5.74) is 7.44. The lowest BCUT2D eigenvalue weighted by atomic mass is 9.93. The van der Waals surface area contributed by atoms with Crippen LogP contribution in [0.2, 0.25) is 0 Å². The number of imidazole rings is 1. The van der Waals surface area contributed by atoms with Crippen LogP contribution in [0, 0.1) is 9.49 Å². The van der Waals surface area contributed by atoms with E-state index in [9.17, 15) is 9.90 Å².